The van der Waals surface area contributed by atoms with Gasteiger partial charge in [-0.15, -0.1) is 0 Å². The van der Waals surface area contributed by atoms with Gasteiger partial charge in [-0.1, -0.05) is 0 Å². The summed E-state index contributed by atoms with van der Waals surface area (Å²) in [5.74, 6) is -0.0709. The number of rotatable bonds is 2. The molecule has 2 rings (SSSR count). The molecule has 0 saturated carbocycles. The minimum absolute atomic E-state index is 0.0709. The first-order chi connectivity index (χ1) is 8.16. The summed E-state index contributed by atoms with van der Waals surface area (Å²) >= 11 is 0. The lowest BCUT2D eigenvalue weighted by atomic mass is 10.2. The van der Waals surface area contributed by atoms with Crippen LogP contribution >= 0.6 is 0 Å². The number of carbonyl (C=O) groups excluding carboxylic acids is 1. The summed E-state index contributed by atoms with van der Waals surface area (Å²) in [5.41, 5.74) is 2.53. The number of anilines is 1. The van der Waals surface area contributed by atoms with Crippen molar-refractivity contribution in [1.82, 2.24) is 10.3 Å². The average molecular weight is 235 g/mol. The van der Waals surface area contributed by atoms with E-state index in [2.05, 4.69) is 15.6 Å². The first-order valence-corrected chi connectivity index (χ1v) is 5.73. The minimum atomic E-state index is -0.274. The van der Waals surface area contributed by atoms with Gasteiger partial charge >= 0.3 is 0 Å². The topological polar surface area (TPSA) is 63.2 Å². The number of ether oxygens (including phenoxy) is 1. The zero-order valence-electron chi connectivity index (χ0n) is 10.1. The van der Waals surface area contributed by atoms with Crippen molar-refractivity contribution in [2.45, 2.75) is 19.9 Å². The maximum absolute atomic E-state index is 11.9. The molecule has 5 heteroatoms. The van der Waals surface area contributed by atoms with Crippen LogP contribution in [0.3, 0.4) is 0 Å². The molecular weight excluding hydrogens is 218 g/mol. The predicted octanol–water partition coefficient (Wildman–Crippen LogP) is 0.625. The van der Waals surface area contributed by atoms with Crippen LogP contribution in [0.15, 0.2) is 12.1 Å². The number of carbonyl (C=O) groups is 1. The van der Waals surface area contributed by atoms with Crippen molar-refractivity contribution in [3.8, 4) is 0 Å². The number of nitrogens with one attached hydrogen (secondary N) is 2. The Labute approximate surface area is 101 Å². The van der Waals surface area contributed by atoms with Gasteiger partial charge in [0.2, 0.25) is 5.91 Å². The number of aromatic nitrogens is 1. The lowest BCUT2D eigenvalue weighted by molar-refractivity contribution is -0.120. The van der Waals surface area contributed by atoms with Gasteiger partial charge in [0.15, 0.2) is 0 Å². The van der Waals surface area contributed by atoms with Gasteiger partial charge in [-0.2, -0.15) is 0 Å². The number of hydrogen-bond donors (Lipinski definition) is 2. The molecule has 2 N–H and O–H groups in total. The Morgan fingerprint density at radius 1 is 1.53 bits per heavy atom. The summed E-state index contributed by atoms with van der Waals surface area (Å²) in [6.45, 7) is 5.60. The third-order valence-electron chi connectivity index (χ3n) is 2.72. The molecule has 0 aromatic carbocycles. The molecule has 5 nitrogen and oxygen atoms in total. The molecule has 17 heavy (non-hydrogen) atoms. The maximum atomic E-state index is 11.9. The third kappa shape index (κ3) is 3.01. The fourth-order valence-electron chi connectivity index (χ4n) is 1.77. The van der Waals surface area contributed by atoms with Crippen molar-refractivity contribution in [3.63, 3.8) is 0 Å². The number of morpholine rings is 1. The van der Waals surface area contributed by atoms with Gasteiger partial charge in [0, 0.05) is 12.2 Å². The predicted molar refractivity (Wildman–Crippen MR) is 65.0 cm³/mol. The summed E-state index contributed by atoms with van der Waals surface area (Å²) in [7, 11) is 0. The summed E-state index contributed by atoms with van der Waals surface area (Å²) in [5, 5.41) is 5.98. The van der Waals surface area contributed by atoms with Crippen LogP contribution in [-0.2, 0) is 9.53 Å². The van der Waals surface area contributed by atoms with Gasteiger partial charge in [0.1, 0.15) is 6.04 Å². The Bertz CT molecular complexity index is 414. The molecule has 92 valence electrons. The largest absolute Gasteiger partial charge is 0.378 e. The molecule has 0 bridgehead atoms. The van der Waals surface area contributed by atoms with E-state index >= 15 is 0 Å². The number of pyridine rings is 1. The van der Waals surface area contributed by atoms with Gasteiger partial charge in [-0.25, -0.2) is 0 Å². The molecule has 2 heterocycles. The minimum Gasteiger partial charge on any atom is -0.378 e. The fraction of sp³-hybridized carbons (Fsp3) is 0.500. The normalized spacial score (nSPS) is 20.0. The van der Waals surface area contributed by atoms with Crippen molar-refractivity contribution in [2.24, 2.45) is 0 Å². The average Bonchev–Trinajstić information content (AvgIpc) is 2.34. The van der Waals surface area contributed by atoms with Gasteiger partial charge in [-0.05, 0) is 26.0 Å². The van der Waals surface area contributed by atoms with Crippen molar-refractivity contribution >= 4 is 11.6 Å². The molecule has 1 unspecified atom stereocenters. The van der Waals surface area contributed by atoms with Crippen LogP contribution in [0.1, 0.15) is 11.4 Å². The lowest BCUT2D eigenvalue weighted by Gasteiger charge is -2.23. The van der Waals surface area contributed by atoms with E-state index in [9.17, 15) is 4.79 Å². The molecule has 1 aliphatic heterocycles. The maximum Gasteiger partial charge on any atom is 0.243 e. The van der Waals surface area contributed by atoms with E-state index in [1.54, 1.807) is 0 Å². The zero-order chi connectivity index (χ0) is 12.3. The fourth-order valence-corrected chi connectivity index (χ4v) is 1.77. The summed E-state index contributed by atoms with van der Waals surface area (Å²) in [4.78, 5) is 16.2. The van der Waals surface area contributed by atoms with Crippen LogP contribution in [-0.4, -0.2) is 36.7 Å². The van der Waals surface area contributed by atoms with Crippen LogP contribution in [0, 0.1) is 13.8 Å². The molecule has 1 amide bonds. The molecule has 1 saturated heterocycles. The summed E-state index contributed by atoms with van der Waals surface area (Å²) in [6, 6.07) is 3.48. The third-order valence-corrected chi connectivity index (χ3v) is 2.72. The Morgan fingerprint density at radius 3 is 3.00 bits per heavy atom. The highest BCUT2D eigenvalue weighted by Gasteiger charge is 2.21. The number of nitrogens with zero attached hydrogens (tertiary/aromatic N) is 1. The van der Waals surface area contributed by atoms with Gasteiger partial charge in [-0.3, -0.25) is 9.78 Å². The van der Waals surface area contributed by atoms with E-state index < -0.39 is 0 Å². The molecule has 0 radical (unpaired) electrons. The SMILES string of the molecule is Cc1ccc(NC(=O)C2COCCN2)c(C)n1. The Balaban J connectivity index is 2.02. The highest BCUT2D eigenvalue weighted by atomic mass is 16.5. The van der Waals surface area contributed by atoms with Crippen LogP contribution in [0.4, 0.5) is 5.69 Å². The number of hydrogen-bond acceptors (Lipinski definition) is 4. The first kappa shape index (κ1) is 12.0. The second-order valence-electron chi connectivity index (χ2n) is 4.16. The monoisotopic (exact) mass is 235 g/mol. The van der Waals surface area contributed by atoms with Crippen LogP contribution in [0.2, 0.25) is 0 Å². The smallest absolute Gasteiger partial charge is 0.243 e. The van der Waals surface area contributed by atoms with Crippen LogP contribution in [0.25, 0.3) is 0 Å². The lowest BCUT2D eigenvalue weighted by Crippen LogP contribution is -2.48. The number of amides is 1. The second kappa shape index (κ2) is 5.25. The first-order valence-electron chi connectivity index (χ1n) is 5.73. The standard InChI is InChI=1S/C12H17N3O2/c1-8-3-4-10(9(2)14-8)15-12(16)11-7-17-6-5-13-11/h3-4,11,13H,5-7H2,1-2H3,(H,15,16). The van der Waals surface area contributed by atoms with Crippen LogP contribution < -0.4 is 10.6 Å². The molecule has 1 aliphatic rings. The van der Waals surface area contributed by atoms with E-state index in [1.165, 1.54) is 0 Å². The molecule has 1 atom stereocenters. The van der Waals surface area contributed by atoms with Crippen molar-refractivity contribution in [3.05, 3.63) is 23.5 Å². The van der Waals surface area contributed by atoms with Gasteiger partial charge in [0.05, 0.1) is 24.6 Å². The van der Waals surface area contributed by atoms with Crippen molar-refractivity contribution in [1.29, 1.82) is 0 Å². The number of aryl methyl sites for hydroxylation is 2. The molecule has 0 aliphatic carbocycles. The van der Waals surface area contributed by atoms with Crippen molar-refractivity contribution < 1.29 is 9.53 Å². The molecule has 1 fully saturated rings. The van der Waals surface area contributed by atoms with E-state index in [4.69, 9.17) is 4.74 Å². The highest BCUT2D eigenvalue weighted by molar-refractivity contribution is 5.95. The quantitative estimate of drug-likeness (QED) is 0.789. The molecule has 0 spiro atoms. The Kier molecular flexibility index (Phi) is 3.71. The van der Waals surface area contributed by atoms with E-state index in [0.29, 0.717) is 19.8 Å². The Hall–Kier alpha value is -1.46. The van der Waals surface area contributed by atoms with Gasteiger partial charge in [0.25, 0.3) is 0 Å². The van der Waals surface area contributed by atoms with Crippen LogP contribution in [0.5, 0.6) is 0 Å². The highest BCUT2D eigenvalue weighted by Crippen LogP contribution is 2.13. The summed E-state index contributed by atoms with van der Waals surface area (Å²) in [6.07, 6.45) is 0. The van der Waals surface area contributed by atoms with Gasteiger partial charge < -0.3 is 15.4 Å². The molecular formula is C12H17N3O2. The Morgan fingerprint density at radius 2 is 2.35 bits per heavy atom. The molecule has 1 aromatic rings. The van der Waals surface area contributed by atoms with E-state index in [-0.39, 0.29) is 11.9 Å². The second-order valence-corrected chi connectivity index (χ2v) is 4.16. The molecule has 1 aromatic heterocycles. The van der Waals surface area contributed by atoms with E-state index in [0.717, 1.165) is 17.1 Å². The van der Waals surface area contributed by atoms with Crippen molar-refractivity contribution in [2.75, 3.05) is 25.1 Å². The van der Waals surface area contributed by atoms with E-state index in [1.807, 2.05) is 26.0 Å². The zero-order valence-corrected chi connectivity index (χ0v) is 10.1. The summed E-state index contributed by atoms with van der Waals surface area (Å²) < 4.78 is 5.25.